The van der Waals surface area contributed by atoms with E-state index in [1.807, 2.05) is 11.8 Å². The molecule has 0 bridgehead atoms. The van der Waals surface area contributed by atoms with Crippen LogP contribution in [0.2, 0.25) is 5.02 Å². The maximum atomic E-state index is 13.7. The molecule has 1 N–H and O–H groups in total. The first kappa shape index (κ1) is 13.6. The molecule has 1 aromatic rings. The Bertz CT molecular complexity index is 569. The van der Waals surface area contributed by atoms with E-state index < -0.39 is 10.7 Å². The third-order valence-electron chi connectivity index (χ3n) is 4.46. The van der Waals surface area contributed by atoms with Crippen LogP contribution in [0.15, 0.2) is 12.1 Å². The van der Waals surface area contributed by atoms with E-state index in [1.54, 1.807) is 0 Å². The van der Waals surface area contributed by atoms with Crippen molar-refractivity contribution in [1.82, 2.24) is 5.32 Å². The molecule has 2 aliphatic rings. The number of anilines is 1. The van der Waals surface area contributed by atoms with Crippen molar-refractivity contribution in [2.75, 3.05) is 24.5 Å². The quantitative estimate of drug-likeness (QED) is 0.673. The first-order valence-corrected chi connectivity index (χ1v) is 6.97. The minimum absolute atomic E-state index is 0.129. The molecule has 20 heavy (non-hydrogen) atoms. The minimum Gasteiger partial charge on any atom is -0.363 e. The van der Waals surface area contributed by atoms with Gasteiger partial charge in [0.05, 0.1) is 9.95 Å². The third-order valence-corrected chi connectivity index (χ3v) is 4.75. The molecule has 0 amide bonds. The molecule has 0 saturated carbocycles. The maximum Gasteiger partial charge on any atom is 0.294 e. The average Bonchev–Trinajstić information content (AvgIpc) is 2.96. The Balaban J connectivity index is 2.02. The highest BCUT2D eigenvalue weighted by atomic mass is 35.5. The zero-order valence-corrected chi connectivity index (χ0v) is 11.7. The van der Waals surface area contributed by atoms with Gasteiger partial charge >= 0.3 is 0 Å². The van der Waals surface area contributed by atoms with E-state index in [0.29, 0.717) is 24.1 Å². The largest absolute Gasteiger partial charge is 0.363 e. The van der Waals surface area contributed by atoms with Gasteiger partial charge in [0.25, 0.3) is 5.69 Å². The van der Waals surface area contributed by atoms with Crippen LogP contribution in [0.4, 0.5) is 15.8 Å². The van der Waals surface area contributed by atoms with Gasteiger partial charge in [0, 0.05) is 37.8 Å². The van der Waals surface area contributed by atoms with Crippen LogP contribution in [0.3, 0.4) is 0 Å². The summed E-state index contributed by atoms with van der Waals surface area (Å²) in [6, 6.07) is 2.44. The Kier molecular flexibility index (Phi) is 3.30. The van der Waals surface area contributed by atoms with Crippen molar-refractivity contribution >= 4 is 23.0 Å². The van der Waals surface area contributed by atoms with Gasteiger partial charge in [-0.05, 0) is 18.8 Å². The molecule has 2 aliphatic heterocycles. The lowest BCUT2D eigenvalue weighted by Gasteiger charge is -2.26. The summed E-state index contributed by atoms with van der Waals surface area (Å²) in [4.78, 5) is 12.6. The smallest absolute Gasteiger partial charge is 0.294 e. The van der Waals surface area contributed by atoms with Crippen LogP contribution in [-0.4, -0.2) is 30.6 Å². The Hall–Kier alpha value is -1.40. The van der Waals surface area contributed by atoms with Crippen molar-refractivity contribution in [3.05, 3.63) is 33.1 Å². The summed E-state index contributed by atoms with van der Waals surface area (Å²) < 4.78 is 13.7. The molecule has 0 aromatic heterocycles. The van der Waals surface area contributed by atoms with Crippen molar-refractivity contribution in [1.29, 1.82) is 0 Å². The molecular weight excluding hydrogens is 285 g/mol. The van der Waals surface area contributed by atoms with Crippen molar-refractivity contribution < 1.29 is 9.31 Å². The van der Waals surface area contributed by atoms with Gasteiger partial charge in [0.15, 0.2) is 0 Å². The number of nitro benzene ring substituents is 1. The van der Waals surface area contributed by atoms with E-state index in [2.05, 4.69) is 5.32 Å². The highest BCUT2D eigenvalue weighted by Crippen LogP contribution is 2.41. The SMILES string of the molecule is CC1C2CNCC2CN1c1cc(F)c(Cl)cc1[N+](=O)[O-]. The highest BCUT2D eigenvalue weighted by Gasteiger charge is 2.43. The monoisotopic (exact) mass is 299 g/mol. The van der Waals surface area contributed by atoms with E-state index in [-0.39, 0.29) is 16.8 Å². The van der Waals surface area contributed by atoms with Gasteiger partial charge in [0.2, 0.25) is 0 Å². The van der Waals surface area contributed by atoms with E-state index in [0.717, 1.165) is 19.2 Å². The lowest BCUT2D eigenvalue weighted by molar-refractivity contribution is -0.384. The number of benzene rings is 1. The predicted octanol–water partition coefficient (Wildman–Crippen LogP) is 2.43. The van der Waals surface area contributed by atoms with Crippen LogP contribution in [-0.2, 0) is 0 Å². The van der Waals surface area contributed by atoms with Crippen LogP contribution < -0.4 is 10.2 Å². The summed E-state index contributed by atoms with van der Waals surface area (Å²) in [6.07, 6.45) is 0. The third kappa shape index (κ3) is 2.03. The number of halogens is 2. The highest BCUT2D eigenvalue weighted by molar-refractivity contribution is 6.31. The first-order chi connectivity index (χ1) is 9.49. The summed E-state index contributed by atoms with van der Waals surface area (Å²) in [7, 11) is 0. The Labute approximate surface area is 120 Å². The van der Waals surface area contributed by atoms with Crippen molar-refractivity contribution in [2.45, 2.75) is 13.0 Å². The number of nitrogens with zero attached hydrogens (tertiary/aromatic N) is 2. The van der Waals surface area contributed by atoms with Gasteiger partial charge in [-0.25, -0.2) is 4.39 Å². The molecule has 3 atom stereocenters. The molecule has 0 aliphatic carbocycles. The van der Waals surface area contributed by atoms with Gasteiger partial charge in [-0.1, -0.05) is 11.6 Å². The molecule has 3 unspecified atom stereocenters. The average molecular weight is 300 g/mol. The second-order valence-electron chi connectivity index (χ2n) is 5.49. The van der Waals surface area contributed by atoms with E-state index in [9.17, 15) is 14.5 Å². The molecule has 0 radical (unpaired) electrons. The number of hydrogen-bond acceptors (Lipinski definition) is 4. The van der Waals surface area contributed by atoms with Crippen LogP contribution in [0.25, 0.3) is 0 Å². The molecule has 1 aromatic carbocycles. The fourth-order valence-corrected chi connectivity index (χ4v) is 3.55. The number of nitrogens with one attached hydrogen (secondary N) is 1. The summed E-state index contributed by atoms with van der Waals surface area (Å²) >= 11 is 5.66. The van der Waals surface area contributed by atoms with Crippen molar-refractivity contribution in [3.63, 3.8) is 0 Å². The summed E-state index contributed by atoms with van der Waals surface area (Å²) in [5.41, 5.74) is 0.204. The van der Waals surface area contributed by atoms with Crippen LogP contribution in [0.5, 0.6) is 0 Å². The standard InChI is InChI=1S/C13H15ClFN3O2/c1-7-9-5-16-4-8(9)6-17(7)12-3-11(15)10(14)2-13(12)18(19)20/h2-3,7-9,16H,4-6H2,1H3. The van der Waals surface area contributed by atoms with Crippen LogP contribution in [0, 0.1) is 27.8 Å². The molecule has 2 saturated heterocycles. The molecule has 3 rings (SSSR count). The Morgan fingerprint density at radius 1 is 1.50 bits per heavy atom. The predicted molar refractivity (Wildman–Crippen MR) is 74.7 cm³/mol. The second kappa shape index (κ2) is 4.86. The Morgan fingerprint density at radius 2 is 2.25 bits per heavy atom. The molecule has 0 spiro atoms. The number of nitro groups is 1. The zero-order valence-electron chi connectivity index (χ0n) is 11.0. The normalized spacial score (nSPS) is 28.8. The number of hydrogen-bond donors (Lipinski definition) is 1. The van der Waals surface area contributed by atoms with Gasteiger partial charge < -0.3 is 10.2 Å². The minimum atomic E-state index is -0.616. The van der Waals surface area contributed by atoms with E-state index in [4.69, 9.17) is 11.6 Å². The van der Waals surface area contributed by atoms with Gasteiger partial charge in [0.1, 0.15) is 11.5 Å². The second-order valence-corrected chi connectivity index (χ2v) is 5.89. The topological polar surface area (TPSA) is 58.4 Å². The fourth-order valence-electron chi connectivity index (χ4n) is 3.39. The molecule has 108 valence electrons. The van der Waals surface area contributed by atoms with Gasteiger partial charge in [-0.3, -0.25) is 10.1 Å². The number of fused-ring (bicyclic) bond motifs is 1. The van der Waals surface area contributed by atoms with Crippen molar-refractivity contribution in [2.24, 2.45) is 11.8 Å². The molecule has 2 fully saturated rings. The molecule has 5 nitrogen and oxygen atoms in total. The van der Waals surface area contributed by atoms with Gasteiger partial charge in [-0.2, -0.15) is 0 Å². The van der Waals surface area contributed by atoms with Crippen LogP contribution >= 0.6 is 11.6 Å². The summed E-state index contributed by atoms with van der Waals surface area (Å²) in [6.45, 7) is 4.57. The molecule has 2 heterocycles. The molecule has 7 heteroatoms. The number of rotatable bonds is 2. The van der Waals surface area contributed by atoms with E-state index in [1.165, 1.54) is 6.07 Å². The lowest BCUT2D eigenvalue weighted by atomic mass is 9.95. The maximum absolute atomic E-state index is 13.7. The lowest BCUT2D eigenvalue weighted by Crippen LogP contribution is -2.33. The fraction of sp³-hybridized carbons (Fsp3) is 0.538. The summed E-state index contributed by atoms with van der Waals surface area (Å²) in [5.74, 6) is 0.298. The Morgan fingerprint density at radius 3 is 2.90 bits per heavy atom. The van der Waals surface area contributed by atoms with E-state index >= 15 is 0 Å². The summed E-state index contributed by atoms with van der Waals surface area (Å²) in [5, 5.41) is 14.3. The van der Waals surface area contributed by atoms with Crippen molar-refractivity contribution in [3.8, 4) is 0 Å². The van der Waals surface area contributed by atoms with Gasteiger partial charge in [-0.15, -0.1) is 0 Å². The zero-order chi connectivity index (χ0) is 14.4. The molecular formula is C13H15ClFN3O2. The van der Waals surface area contributed by atoms with Crippen LogP contribution in [0.1, 0.15) is 6.92 Å². The first-order valence-electron chi connectivity index (χ1n) is 6.60.